The molecule has 1 nitrogen and oxygen atoms in total. The molecule has 0 rings (SSSR count). The van der Waals surface area contributed by atoms with Crippen LogP contribution in [0.3, 0.4) is 0 Å². The fourth-order valence-corrected chi connectivity index (χ4v) is 6.00. The first-order chi connectivity index (χ1) is 3.13. The third-order valence-corrected chi connectivity index (χ3v) is 6.00. The van der Waals surface area contributed by atoms with E-state index in [1.54, 1.807) is 0 Å². The molecule has 0 heterocycles. The van der Waals surface area contributed by atoms with E-state index in [1.165, 1.54) is 0 Å². The molecule has 0 amide bonds. The van der Waals surface area contributed by atoms with E-state index in [2.05, 4.69) is 30.8 Å². The molecular weight excluding hydrogens is 125 g/mol. The van der Waals surface area contributed by atoms with Crippen LogP contribution in [0, 0.1) is 0 Å². The standard InChI is InChI=1S/C4H15NSi2.Li/c1-6(2)5-7(3)4;/h5-7H,1-4H3;. The maximum Gasteiger partial charge on any atom is 0.0953 e. The summed E-state index contributed by atoms with van der Waals surface area (Å²) in [6, 6.07) is 0. The van der Waals surface area contributed by atoms with Gasteiger partial charge in [-0.05, 0) is 0 Å². The summed E-state index contributed by atoms with van der Waals surface area (Å²) in [4.78, 5) is 0. The molecule has 0 aromatic carbocycles. The summed E-state index contributed by atoms with van der Waals surface area (Å²) >= 11 is 0. The van der Waals surface area contributed by atoms with Gasteiger partial charge in [-0.25, -0.2) is 0 Å². The van der Waals surface area contributed by atoms with E-state index < -0.39 is 17.9 Å². The number of rotatable bonds is 2. The van der Waals surface area contributed by atoms with Crippen molar-refractivity contribution in [3.63, 3.8) is 0 Å². The Morgan fingerprint density at radius 2 is 1.12 bits per heavy atom. The molecule has 0 atom stereocenters. The first-order valence-corrected chi connectivity index (χ1v) is 8.66. The fraction of sp³-hybridized carbons (Fsp3) is 1.00. The first kappa shape index (κ1) is 11.7. The SMILES string of the molecule is C[SiH](C)N[SiH](C)C.[Li]. The van der Waals surface area contributed by atoms with Crippen molar-refractivity contribution >= 4 is 36.8 Å². The van der Waals surface area contributed by atoms with Gasteiger partial charge in [0.25, 0.3) is 0 Å². The summed E-state index contributed by atoms with van der Waals surface area (Å²) in [6.07, 6.45) is 0. The molecule has 4 heteroatoms. The number of nitrogens with one attached hydrogen (secondary N) is 1. The van der Waals surface area contributed by atoms with Gasteiger partial charge in [0.2, 0.25) is 0 Å². The Bertz CT molecular complexity index is 43.3. The van der Waals surface area contributed by atoms with Crippen LogP contribution in [0.15, 0.2) is 0 Å². The van der Waals surface area contributed by atoms with Gasteiger partial charge in [-0.1, -0.05) is 26.2 Å². The van der Waals surface area contributed by atoms with Crippen LogP contribution in [0.1, 0.15) is 0 Å². The molecule has 0 aliphatic heterocycles. The monoisotopic (exact) mass is 140 g/mol. The van der Waals surface area contributed by atoms with E-state index in [9.17, 15) is 0 Å². The molecule has 0 aromatic heterocycles. The van der Waals surface area contributed by atoms with Gasteiger partial charge in [0.05, 0.1) is 17.9 Å². The minimum Gasteiger partial charge on any atom is -0.365 e. The van der Waals surface area contributed by atoms with Crippen LogP contribution >= 0.6 is 0 Å². The predicted molar refractivity (Wildman–Crippen MR) is 46.6 cm³/mol. The fourth-order valence-electron chi connectivity index (χ4n) is 0.667. The van der Waals surface area contributed by atoms with Crippen molar-refractivity contribution in [1.29, 1.82) is 0 Å². The van der Waals surface area contributed by atoms with Crippen LogP contribution in [0.2, 0.25) is 26.2 Å². The van der Waals surface area contributed by atoms with Crippen LogP contribution < -0.4 is 4.65 Å². The Labute approximate surface area is 67.8 Å². The zero-order valence-electron chi connectivity index (χ0n) is 6.65. The summed E-state index contributed by atoms with van der Waals surface area (Å²) in [6.45, 7) is 9.31. The van der Waals surface area contributed by atoms with E-state index in [1.807, 2.05) is 0 Å². The number of hydrogen-bond acceptors (Lipinski definition) is 1. The maximum atomic E-state index is 3.58. The van der Waals surface area contributed by atoms with Crippen LogP contribution in [0.5, 0.6) is 0 Å². The Hall–Kier alpha value is 0.991. The van der Waals surface area contributed by atoms with Gasteiger partial charge in [0, 0.05) is 18.9 Å². The quantitative estimate of drug-likeness (QED) is 0.539. The molecule has 0 saturated carbocycles. The summed E-state index contributed by atoms with van der Waals surface area (Å²) in [5.41, 5.74) is 0. The third-order valence-electron chi connectivity index (χ3n) is 0.667. The largest absolute Gasteiger partial charge is 0.365 e. The van der Waals surface area contributed by atoms with Crippen molar-refractivity contribution in [2.45, 2.75) is 26.2 Å². The van der Waals surface area contributed by atoms with Crippen LogP contribution in [0.4, 0.5) is 0 Å². The van der Waals surface area contributed by atoms with E-state index in [4.69, 9.17) is 0 Å². The minimum atomic E-state index is -0.417. The zero-order valence-corrected chi connectivity index (χ0v) is 8.96. The molecule has 8 heavy (non-hydrogen) atoms. The van der Waals surface area contributed by atoms with Gasteiger partial charge in [-0.2, -0.15) is 0 Å². The molecule has 0 aliphatic rings. The molecule has 0 bridgehead atoms. The second-order valence-corrected chi connectivity index (χ2v) is 8.43. The molecular formula is C4H15LiNSi2. The Kier molecular flexibility index (Phi) is 8.98. The Balaban J connectivity index is 0. The predicted octanol–water partition coefficient (Wildman–Crippen LogP) is 0.162. The summed E-state index contributed by atoms with van der Waals surface area (Å²) in [7, 11) is -0.833. The van der Waals surface area contributed by atoms with Gasteiger partial charge >= 0.3 is 0 Å². The van der Waals surface area contributed by atoms with E-state index in [0.717, 1.165) is 0 Å². The van der Waals surface area contributed by atoms with Gasteiger partial charge in [0.15, 0.2) is 0 Å². The second-order valence-electron chi connectivity index (χ2n) is 2.48. The average Bonchev–Trinajstić information content (AvgIpc) is 1.27. The van der Waals surface area contributed by atoms with Crippen LogP contribution in [0.25, 0.3) is 0 Å². The Morgan fingerprint density at radius 3 is 1.12 bits per heavy atom. The van der Waals surface area contributed by atoms with Crippen LogP contribution in [-0.2, 0) is 0 Å². The van der Waals surface area contributed by atoms with Crippen LogP contribution in [-0.4, -0.2) is 36.8 Å². The van der Waals surface area contributed by atoms with Crippen molar-refractivity contribution in [3.8, 4) is 0 Å². The average molecular weight is 140 g/mol. The van der Waals surface area contributed by atoms with Gasteiger partial charge in [-0.3, -0.25) is 0 Å². The molecule has 0 spiro atoms. The van der Waals surface area contributed by atoms with Gasteiger partial charge in [0.1, 0.15) is 0 Å². The molecule has 0 aromatic rings. The van der Waals surface area contributed by atoms with Crippen molar-refractivity contribution < 1.29 is 0 Å². The summed E-state index contributed by atoms with van der Waals surface area (Å²) in [5, 5.41) is 0. The van der Waals surface area contributed by atoms with Crippen molar-refractivity contribution in [2.75, 3.05) is 0 Å². The molecule has 1 radical (unpaired) electrons. The molecule has 0 unspecified atom stereocenters. The summed E-state index contributed by atoms with van der Waals surface area (Å²) in [5.74, 6) is 0. The van der Waals surface area contributed by atoms with E-state index >= 15 is 0 Å². The zero-order chi connectivity index (χ0) is 5.86. The molecule has 0 saturated heterocycles. The number of hydrogen-bond donors (Lipinski definition) is 1. The topological polar surface area (TPSA) is 12.0 Å². The van der Waals surface area contributed by atoms with E-state index in [-0.39, 0.29) is 18.9 Å². The van der Waals surface area contributed by atoms with Crippen molar-refractivity contribution in [3.05, 3.63) is 0 Å². The molecule has 0 aliphatic carbocycles. The molecule has 0 fully saturated rings. The van der Waals surface area contributed by atoms with Gasteiger partial charge in [-0.15, -0.1) is 0 Å². The molecule has 1 N–H and O–H groups in total. The van der Waals surface area contributed by atoms with Crippen molar-refractivity contribution in [1.82, 2.24) is 4.65 Å². The van der Waals surface area contributed by atoms with E-state index in [0.29, 0.717) is 0 Å². The first-order valence-electron chi connectivity index (χ1n) is 2.89. The normalized spacial score (nSPS) is 9.75. The van der Waals surface area contributed by atoms with Crippen molar-refractivity contribution in [2.24, 2.45) is 0 Å². The Morgan fingerprint density at radius 1 is 0.875 bits per heavy atom. The third kappa shape index (κ3) is 10.1. The minimum absolute atomic E-state index is 0. The van der Waals surface area contributed by atoms with Gasteiger partial charge < -0.3 is 4.65 Å². The second kappa shape index (κ2) is 6.12. The maximum absolute atomic E-state index is 3.58. The summed E-state index contributed by atoms with van der Waals surface area (Å²) < 4.78 is 3.58. The smallest absolute Gasteiger partial charge is 0.0953 e. The molecule has 45 valence electrons.